The van der Waals surface area contributed by atoms with Crippen molar-refractivity contribution in [3.05, 3.63) is 115 Å². The number of nitro groups is 1. The molecule has 0 saturated carbocycles. The third-order valence-corrected chi connectivity index (χ3v) is 7.69. The highest BCUT2D eigenvalue weighted by molar-refractivity contribution is 5.65. The minimum absolute atomic E-state index is 0.00953. The predicted molar refractivity (Wildman–Crippen MR) is 178 cm³/mol. The fourth-order valence-electron chi connectivity index (χ4n) is 5.21. The number of pyridine rings is 2. The molecule has 1 unspecified atom stereocenters. The smallest absolute Gasteiger partial charge is 0.399 e. The van der Waals surface area contributed by atoms with Crippen molar-refractivity contribution in [1.82, 2.24) is 9.13 Å². The molecule has 51 heavy (non-hydrogen) atoms. The fraction of sp³-hybridized carbons (Fsp3) is 0.152. The van der Waals surface area contributed by atoms with Crippen LogP contribution in [0, 0.1) is 46.6 Å². The van der Waals surface area contributed by atoms with Crippen LogP contribution in [0.3, 0.4) is 0 Å². The van der Waals surface area contributed by atoms with Gasteiger partial charge in [0.1, 0.15) is 34.6 Å². The molecule has 1 spiro atoms. The molecule has 2 aromatic heterocycles. The van der Waals surface area contributed by atoms with E-state index >= 15 is 0 Å². The lowest BCUT2D eigenvalue weighted by Gasteiger charge is -2.33. The molecule has 18 heteroatoms. The van der Waals surface area contributed by atoms with Crippen LogP contribution in [0.5, 0.6) is 23.3 Å². The van der Waals surface area contributed by atoms with Gasteiger partial charge in [0, 0.05) is 42.0 Å². The van der Waals surface area contributed by atoms with E-state index in [1.807, 2.05) is 12.1 Å². The van der Waals surface area contributed by atoms with Gasteiger partial charge in [-0.15, -0.1) is 33.6 Å². The molecule has 4 heterocycles. The normalized spacial score (nSPS) is 15.3. The van der Waals surface area contributed by atoms with Gasteiger partial charge in [0.05, 0.1) is 4.92 Å². The number of ether oxygens (including phenoxy) is 4. The van der Waals surface area contributed by atoms with Crippen molar-refractivity contribution < 1.29 is 23.9 Å². The monoisotopic (exact) mass is 688 g/mol. The number of rotatable bonds is 5. The van der Waals surface area contributed by atoms with Gasteiger partial charge in [0.25, 0.3) is 16.8 Å². The Balaban J connectivity index is 1.79. The number of aromatic nitrogens is 2. The summed E-state index contributed by atoms with van der Waals surface area (Å²) in [5.74, 6) is -1.15. The van der Waals surface area contributed by atoms with E-state index in [9.17, 15) is 30.2 Å². The Bertz CT molecular complexity index is 2470. The zero-order chi connectivity index (χ0) is 36.6. The molecule has 18 nitrogen and oxygen atoms in total. The molecule has 2 aliphatic heterocycles. The molecule has 0 bridgehead atoms. The number of hydrogen-bond donors (Lipinski definition) is 1. The Kier molecular flexibility index (Phi) is 8.35. The van der Waals surface area contributed by atoms with Gasteiger partial charge in [-0.2, -0.15) is 10.5 Å². The minimum atomic E-state index is -2.93. The molecule has 2 aliphatic rings. The quantitative estimate of drug-likeness (QED) is 0.112. The van der Waals surface area contributed by atoms with Crippen molar-refractivity contribution in [2.24, 2.45) is 20.5 Å². The molecular formula is C33H24N10O8. The maximum atomic E-state index is 13.7. The second kappa shape index (κ2) is 12.8. The van der Waals surface area contributed by atoms with Crippen molar-refractivity contribution in [1.29, 1.82) is 10.5 Å². The van der Waals surface area contributed by atoms with Crippen LogP contribution >= 0.6 is 0 Å². The maximum Gasteiger partial charge on any atom is 0.613 e. The van der Waals surface area contributed by atoms with Gasteiger partial charge in [0.15, 0.2) is 22.9 Å². The zero-order valence-electron chi connectivity index (χ0n) is 26.8. The van der Waals surface area contributed by atoms with Crippen molar-refractivity contribution in [2.75, 3.05) is 5.73 Å². The Labute approximate surface area is 287 Å². The Hall–Kier alpha value is -7.60. The number of non-ortho nitro benzene ring substituents is 1. The van der Waals surface area contributed by atoms with E-state index in [4.69, 9.17) is 24.7 Å². The number of allylic oxidation sites excluding steroid dienone is 2. The second-order valence-electron chi connectivity index (χ2n) is 10.9. The number of nitriles is 2. The highest BCUT2D eigenvalue weighted by Gasteiger charge is 2.49. The van der Waals surface area contributed by atoms with Crippen LogP contribution in [-0.2, 0) is 13.1 Å². The minimum Gasteiger partial charge on any atom is -0.399 e. The summed E-state index contributed by atoms with van der Waals surface area (Å²) in [7, 11) is 0. The van der Waals surface area contributed by atoms with Gasteiger partial charge in [0.2, 0.25) is 11.8 Å². The van der Waals surface area contributed by atoms with Crippen molar-refractivity contribution >= 4 is 34.1 Å². The number of nitrogens with two attached hydrogens (primary N) is 1. The molecule has 254 valence electrons. The average molecular weight is 689 g/mol. The summed E-state index contributed by atoms with van der Waals surface area (Å²) in [5, 5.41) is 48.7. The van der Waals surface area contributed by atoms with E-state index in [1.54, 1.807) is 0 Å². The Morgan fingerprint density at radius 2 is 1.29 bits per heavy atom. The summed E-state index contributed by atoms with van der Waals surface area (Å²) in [6.07, 6.45) is -0.230. The molecule has 6 rings (SSSR count). The van der Waals surface area contributed by atoms with Crippen LogP contribution in [0.15, 0.2) is 91.8 Å². The predicted octanol–water partition coefficient (Wildman–Crippen LogP) is 5.92. The van der Waals surface area contributed by atoms with Crippen LogP contribution in [0.2, 0.25) is 0 Å². The van der Waals surface area contributed by atoms with Crippen LogP contribution in [0.25, 0.3) is 0 Å². The number of benzene rings is 2. The summed E-state index contributed by atoms with van der Waals surface area (Å²) in [4.78, 5) is 38.5. The van der Waals surface area contributed by atoms with Crippen molar-refractivity contribution in [2.45, 2.75) is 33.1 Å². The molecule has 1 atom stereocenters. The molecule has 0 amide bonds. The first-order valence-electron chi connectivity index (χ1n) is 14.8. The molecule has 2 N–H and O–H groups in total. The number of nitrogens with zero attached hydrogens (tertiary/aromatic N) is 9. The van der Waals surface area contributed by atoms with Gasteiger partial charge >= 0.3 is 6.16 Å². The third-order valence-electron chi connectivity index (χ3n) is 7.69. The Morgan fingerprint density at radius 3 is 1.75 bits per heavy atom. The molecule has 2 aromatic carbocycles. The molecule has 4 aromatic rings. The molecule has 0 radical (unpaired) electrons. The lowest BCUT2D eigenvalue weighted by atomic mass is 10.1. The first kappa shape index (κ1) is 33.3. The number of hydrogen-bond acceptors (Lipinski definition) is 15. The third kappa shape index (κ3) is 5.68. The van der Waals surface area contributed by atoms with Crippen LogP contribution in [-0.4, -0.2) is 20.2 Å². The van der Waals surface area contributed by atoms with Gasteiger partial charge in [-0.1, -0.05) is 12.2 Å². The summed E-state index contributed by atoms with van der Waals surface area (Å²) < 4.78 is 27.6. The van der Waals surface area contributed by atoms with E-state index in [0.29, 0.717) is 0 Å². The molecule has 0 aliphatic carbocycles. The van der Waals surface area contributed by atoms with Crippen LogP contribution in [0.4, 0.5) is 34.1 Å². The van der Waals surface area contributed by atoms with Gasteiger partial charge < -0.3 is 24.7 Å². The largest absolute Gasteiger partial charge is 0.613 e. The molecule has 0 fully saturated rings. The summed E-state index contributed by atoms with van der Waals surface area (Å²) >= 11 is 0. The lowest BCUT2D eigenvalue weighted by Crippen LogP contribution is -2.55. The first-order chi connectivity index (χ1) is 24.4. The number of nitro benzene ring substituents is 1. The van der Waals surface area contributed by atoms with Gasteiger partial charge in [-0.3, -0.25) is 28.8 Å². The standard InChI is InChI=1S/C33H24N10O8/c1-5-11-41-29(44)21(15-34)17(3)27-31(41)50-33(48-25-9-7-19(36)13-23(25)37-39-27)49-26-10-8-20(43(46)47)14-24(26)38-40-28-18(4)22(16-35)30(45)42(12-6-2)32(28)51-33/h5-10,13-14H,1-2,11-12,36H2,3-4H3. The first-order valence-corrected chi connectivity index (χ1v) is 14.8. The van der Waals surface area contributed by atoms with Gasteiger partial charge in [-0.05, 0) is 38.1 Å². The van der Waals surface area contributed by atoms with Crippen LogP contribution < -0.4 is 35.8 Å². The SMILES string of the molecule is C=CCn1c2c(c(C)c(C#N)c1=O)N=Nc1cc(N)ccc1OC1(Oc3ccc([N+](=O)[O-])cc3N=Nc3c(C)c(C#N)c(=O)n(CC=C)c3O1)O2. The molecule has 0 saturated heterocycles. The average Bonchev–Trinajstić information content (AvgIpc) is 3.20. The maximum absolute atomic E-state index is 13.7. The summed E-state index contributed by atoms with van der Waals surface area (Å²) in [6, 6.07) is 11.3. The highest BCUT2D eigenvalue weighted by Crippen LogP contribution is 2.46. The highest BCUT2D eigenvalue weighted by atomic mass is 17.0. The second-order valence-corrected chi connectivity index (χ2v) is 10.9. The fourth-order valence-corrected chi connectivity index (χ4v) is 5.21. The zero-order valence-corrected chi connectivity index (χ0v) is 26.8. The number of nitrogen functional groups attached to an aromatic ring is 1. The van der Waals surface area contributed by atoms with E-state index in [0.717, 1.165) is 21.3 Å². The van der Waals surface area contributed by atoms with Crippen molar-refractivity contribution in [3.8, 4) is 35.4 Å². The number of fused-ring (bicyclic) bond motifs is 4. The van der Waals surface area contributed by atoms with E-state index in [1.165, 1.54) is 50.3 Å². The van der Waals surface area contributed by atoms with E-state index < -0.39 is 33.8 Å². The molecular weight excluding hydrogens is 664 g/mol. The Morgan fingerprint density at radius 1 is 0.824 bits per heavy atom. The van der Waals surface area contributed by atoms with Gasteiger partial charge in [-0.25, -0.2) is 0 Å². The number of anilines is 1. The van der Waals surface area contributed by atoms with Crippen molar-refractivity contribution in [3.63, 3.8) is 0 Å². The lowest BCUT2D eigenvalue weighted by molar-refractivity contribution is -0.385. The summed E-state index contributed by atoms with van der Waals surface area (Å²) in [6.45, 7) is 9.82. The van der Waals surface area contributed by atoms with Crippen LogP contribution in [0.1, 0.15) is 22.3 Å². The van der Waals surface area contributed by atoms with E-state index in [-0.39, 0.29) is 81.2 Å². The van der Waals surface area contributed by atoms with E-state index in [2.05, 4.69) is 33.6 Å². The number of azo groups is 2. The topological polar surface area (TPSA) is 247 Å². The summed E-state index contributed by atoms with van der Waals surface area (Å²) in [5.41, 5.74) is 3.27.